The van der Waals surface area contributed by atoms with E-state index in [4.69, 9.17) is 0 Å². The summed E-state index contributed by atoms with van der Waals surface area (Å²) >= 11 is 1.69. The third-order valence-corrected chi connectivity index (χ3v) is 2.88. The monoisotopic (exact) mass is 184 g/mol. The molecule has 0 saturated heterocycles. The van der Waals surface area contributed by atoms with E-state index in [1.165, 1.54) is 4.88 Å². The molecule has 0 aliphatic carbocycles. The molecule has 1 N–H and O–H groups in total. The minimum atomic E-state index is -0.344. The number of aliphatic hydroxyl groups excluding tert-OH is 1. The van der Waals surface area contributed by atoms with Crippen molar-refractivity contribution in [1.82, 2.24) is 0 Å². The van der Waals surface area contributed by atoms with E-state index in [2.05, 4.69) is 27.7 Å². The van der Waals surface area contributed by atoms with Crippen molar-refractivity contribution in [3.05, 3.63) is 21.9 Å². The summed E-state index contributed by atoms with van der Waals surface area (Å²) in [6.45, 7) is 8.20. The summed E-state index contributed by atoms with van der Waals surface area (Å²) in [5, 5.41) is 12.0. The molecule has 1 aromatic rings. The van der Waals surface area contributed by atoms with Crippen LogP contribution in [0.1, 0.15) is 37.3 Å². The van der Waals surface area contributed by atoms with Gasteiger partial charge in [0.15, 0.2) is 0 Å². The van der Waals surface area contributed by atoms with Crippen LogP contribution in [-0.2, 0) is 0 Å². The summed E-state index contributed by atoms with van der Waals surface area (Å²) in [6, 6.07) is 2.01. The Balaban J connectivity index is 2.92. The third kappa shape index (κ3) is 1.87. The van der Waals surface area contributed by atoms with Crippen LogP contribution in [-0.4, -0.2) is 5.11 Å². The van der Waals surface area contributed by atoms with Gasteiger partial charge in [0.1, 0.15) is 0 Å². The van der Waals surface area contributed by atoms with E-state index < -0.39 is 0 Å². The molecule has 1 heterocycles. The van der Waals surface area contributed by atoms with Crippen molar-refractivity contribution in [3.8, 4) is 0 Å². The van der Waals surface area contributed by atoms with E-state index in [1.807, 2.05) is 11.4 Å². The van der Waals surface area contributed by atoms with E-state index in [1.54, 1.807) is 11.3 Å². The molecule has 0 aliphatic rings. The Hall–Kier alpha value is -0.340. The molecule has 2 heteroatoms. The number of aliphatic hydroxyl groups is 1. The van der Waals surface area contributed by atoms with E-state index in [0.717, 1.165) is 5.56 Å². The van der Waals surface area contributed by atoms with E-state index in [0.29, 0.717) is 0 Å². The molecule has 0 radical (unpaired) electrons. The standard InChI is InChI=1S/C10H16OS/c1-7-8(5-6-12-7)9(11)10(2,3)4/h5-6,9,11H,1-4H3. The molecule has 1 rings (SSSR count). The smallest absolute Gasteiger partial charge is 0.0848 e. The van der Waals surface area contributed by atoms with Gasteiger partial charge in [-0.25, -0.2) is 0 Å². The fourth-order valence-corrected chi connectivity index (χ4v) is 1.88. The Morgan fingerprint density at radius 1 is 1.42 bits per heavy atom. The van der Waals surface area contributed by atoms with Crippen molar-refractivity contribution in [2.75, 3.05) is 0 Å². The van der Waals surface area contributed by atoms with Gasteiger partial charge in [-0.15, -0.1) is 11.3 Å². The quantitative estimate of drug-likeness (QED) is 0.711. The average molecular weight is 184 g/mol. The maximum Gasteiger partial charge on any atom is 0.0848 e. The van der Waals surface area contributed by atoms with Gasteiger partial charge < -0.3 is 5.11 Å². The van der Waals surface area contributed by atoms with Crippen molar-refractivity contribution in [2.24, 2.45) is 5.41 Å². The van der Waals surface area contributed by atoms with Crippen LogP contribution in [0.25, 0.3) is 0 Å². The molecule has 0 aliphatic heterocycles. The summed E-state index contributed by atoms with van der Waals surface area (Å²) in [5.74, 6) is 0. The number of rotatable bonds is 1. The maximum atomic E-state index is 9.93. The molecule has 1 unspecified atom stereocenters. The molecule has 12 heavy (non-hydrogen) atoms. The summed E-state index contributed by atoms with van der Waals surface area (Å²) in [7, 11) is 0. The summed E-state index contributed by atoms with van der Waals surface area (Å²) < 4.78 is 0. The van der Waals surface area contributed by atoms with Crippen LogP contribution in [0.15, 0.2) is 11.4 Å². The topological polar surface area (TPSA) is 20.2 Å². The fourth-order valence-electron chi connectivity index (χ4n) is 1.14. The molecule has 1 atom stereocenters. The van der Waals surface area contributed by atoms with Gasteiger partial charge in [0.05, 0.1) is 6.10 Å². The fraction of sp³-hybridized carbons (Fsp3) is 0.600. The summed E-state index contributed by atoms with van der Waals surface area (Å²) in [5.41, 5.74) is 1.01. The molecule has 0 aromatic carbocycles. The van der Waals surface area contributed by atoms with E-state index in [-0.39, 0.29) is 11.5 Å². The first kappa shape index (κ1) is 9.75. The van der Waals surface area contributed by atoms with Crippen LogP contribution in [0, 0.1) is 12.3 Å². The van der Waals surface area contributed by atoms with Crippen LogP contribution in [0.4, 0.5) is 0 Å². The first-order valence-corrected chi connectivity index (χ1v) is 5.03. The lowest BCUT2D eigenvalue weighted by molar-refractivity contribution is 0.0626. The molecule has 0 amide bonds. The predicted molar refractivity (Wildman–Crippen MR) is 53.5 cm³/mol. The molecule has 68 valence electrons. The number of hydrogen-bond acceptors (Lipinski definition) is 2. The zero-order chi connectivity index (χ0) is 9.35. The zero-order valence-electron chi connectivity index (χ0n) is 8.09. The van der Waals surface area contributed by atoms with Crippen LogP contribution in [0.3, 0.4) is 0 Å². The second-order valence-electron chi connectivity index (χ2n) is 4.20. The Labute approximate surface area is 78.1 Å². The van der Waals surface area contributed by atoms with Gasteiger partial charge in [-0.05, 0) is 29.3 Å². The number of thiophene rings is 1. The van der Waals surface area contributed by atoms with Gasteiger partial charge >= 0.3 is 0 Å². The predicted octanol–water partition coefficient (Wildman–Crippen LogP) is 3.14. The van der Waals surface area contributed by atoms with Crippen LogP contribution < -0.4 is 0 Å². The van der Waals surface area contributed by atoms with Gasteiger partial charge in [0.25, 0.3) is 0 Å². The lowest BCUT2D eigenvalue weighted by Gasteiger charge is -2.25. The van der Waals surface area contributed by atoms with E-state index in [9.17, 15) is 5.11 Å². The highest BCUT2D eigenvalue weighted by molar-refractivity contribution is 7.10. The van der Waals surface area contributed by atoms with Crippen molar-refractivity contribution < 1.29 is 5.11 Å². The maximum absolute atomic E-state index is 9.93. The lowest BCUT2D eigenvalue weighted by atomic mass is 9.85. The summed E-state index contributed by atoms with van der Waals surface area (Å²) in [6.07, 6.45) is -0.344. The Morgan fingerprint density at radius 2 is 2.00 bits per heavy atom. The van der Waals surface area contributed by atoms with Crippen LogP contribution >= 0.6 is 11.3 Å². The van der Waals surface area contributed by atoms with E-state index >= 15 is 0 Å². The average Bonchev–Trinajstić information content (AvgIpc) is 2.31. The molecule has 1 nitrogen and oxygen atoms in total. The zero-order valence-corrected chi connectivity index (χ0v) is 8.90. The number of hydrogen-bond donors (Lipinski definition) is 1. The van der Waals surface area contributed by atoms with Gasteiger partial charge in [0.2, 0.25) is 0 Å². The van der Waals surface area contributed by atoms with Gasteiger partial charge in [-0.2, -0.15) is 0 Å². The van der Waals surface area contributed by atoms with Crippen LogP contribution in [0.2, 0.25) is 0 Å². The van der Waals surface area contributed by atoms with Crippen molar-refractivity contribution in [1.29, 1.82) is 0 Å². The molecule has 1 aromatic heterocycles. The Morgan fingerprint density at radius 3 is 2.33 bits per heavy atom. The highest BCUT2D eigenvalue weighted by Gasteiger charge is 2.25. The second-order valence-corrected chi connectivity index (χ2v) is 5.32. The third-order valence-electron chi connectivity index (χ3n) is 2.01. The molecule has 0 saturated carbocycles. The second kappa shape index (κ2) is 3.19. The highest BCUT2D eigenvalue weighted by Crippen LogP contribution is 2.35. The molecule has 0 spiro atoms. The SMILES string of the molecule is Cc1sccc1C(O)C(C)(C)C. The summed E-state index contributed by atoms with van der Waals surface area (Å²) in [4.78, 5) is 1.22. The highest BCUT2D eigenvalue weighted by atomic mass is 32.1. The lowest BCUT2D eigenvalue weighted by Crippen LogP contribution is -2.17. The van der Waals surface area contributed by atoms with Crippen molar-refractivity contribution in [3.63, 3.8) is 0 Å². The van der Waals surface area contributed by atoms with Gasteiger partial charge in [-0.3, -0.25) is 0 Å². The first-order chi connectivity index (χ1) is 5.43. The minimum absolute atomic E-state index is 0.0637. The van der Waals surface area contributed by atoms with Gasteiger partial charge in [0, 0.05) is 4.88 Å². The Bertz CT molecular complexity index is 257. The largest absolute Gasteiger partial charge is 0.388 e. The Kier molecular flexibility index (Phi) is 2.59. The molecule has 0 bridgehead atoms. The van der Waals surface area contributed by atoms with Crippen molar-refractivity contribution in [2.45, 2.75) is 33.8 Å². The van der Waals surface area contributed by atoms with Crippen LogP contribution in [0.5, 0.6) is 0 Å². The normalized spacial score (nSPS) is 14.8. The number of aryl methyl sites for hydroxylation is 1. The first-order valence-electron chi connectivity index (χ1n) is 4.15. The van der Waals surface area contributed by atoms with Gasteiger partial charge in [-0.1, -0.05) is 20.8 Å². The van der Waals surface area contributed by atoms with Crippen molar-refractivity contribution >= 4 is 11.3 Å². The molecular weight excluding hydrogens is 168 g/mol. The molecular formula is C10H16OS. The minimum Gasteiger partial charge on any atom is -0.388 e. The molecule has 0 fully saturated rings.